The Bertz CT molecular complexity index is 658. The van der Waals surface area contributed by atoms with Crippen LogP contribution >= 0.6 is 0 Å². The van der Waals surface area contributed by atoms with E-state index < -0.39 is 17.0 Å². The van der Waals surface area contributed by atoms with Crippen molar-refractivity contribution in [2.45, 2.75) is 31.1 Å². The molecule has 2 aromatic carbocycles. The van der Waals surface area contributed by atoms with E-state index in [-0.39, 0.29) is 11.6 Å². The zero-order valence-electron chi connectivity index (χ0n) is 12.1. The predicted molar refractivity (Wildman–Crippen MR) is 81.6 cm³/mol. The van der Waals surface area contributed by atoms with Crippen LogP contribution in [-0.4, -0.2) is 5.91 Å². The van der Waals surface area contributed by atoms with Crippen LogP contribution in [-0.2, 0) is 10.2 Å². The lowest BCUT2D eigenvalue weighted by Gasteiger charge is -2.28. The largest absolute Gasteiger partial charge is 0.320 e. The lowest BCUT2D eigenvalue weighted by molar-refractivity contribution is -0.121. The van der Waals surface area contributed by atoms with Crippen molar-refractivity contribution in [3.05, 3.63) is 65.7 Å². The van der Waals surface area contributed by atoms with Crippen LogP contribution in [0, 0.1) is 11.6 Å². The van der Waals surface area contributed by atoms with Crippen molar-refractivity contribution in [3.8, 4) is 0 Å². The summed E-state index contributed by atoms with van der Waals surface area (Å²) in [5.74, 6) is -1.84. The van der Waals surface area contributed by atoms with E-state index in [1.165, 1.54) is 6.07 Å². The average Bonchev–Trinajstić information content (AvgIpc) is 3.03. The summed E-state index contributed by atoms with van der Waals surface area (Å²) in [6.45, 7) is 0. The van der Waals surface area contributed by atoms with Gasteiger partial charge in [0.1, 0.15) is 17.3 Å². The molecule has 0 spiro atoms. The summed E-state index contributed by atoms with van der Waals surface area (Å²) in [4.78, 5) is 12.8. The predicted octanol–water partition coefficient (Wildman–Crippen LogP) is 4.42. The van der Waals surface area contributed by atoms with Crippen molar-refractivity contribution in [2.75, 3.05) is 5.32 Å². The normalized spacial score (nSPS) is 16.5. The highest BCUT2D eigenvalue weighted by atomic mass is 19.1. The first-order valence-corrected chi connectivity index (χ1v) is 7.44. The van der Waals surface area contributed by atoms with Crippen molar-refractivity contribution in [3.63, 3.8) is 0 Å². The number of halogens is 2. The van der Waals surface area contributed by atoms with E-state index in [1.54, 1.807) is 0 Å². The minimum Gasteiger partial charge on any atom is -0.320 e. The molecule has 1 N–H and O–H groups in total. The van der Waals surface area contributed by atoms with Crippen LogP contribution in [0.3, 0.4) is 0 Å². The quantitative estimate of drug-likeness (QED) is 0.893. The fourth-order valence-corrected chi connectivity index (χ4v) is 3.23. The van der Waals surface area contributed by atoms with Gasteiger partial charge >= 0.3 is 0 Å². The van der Waals surface area contributed by atoms with Crippen molar-refractivity contribution in [1.29, 1.82) is 0 Å². The van der Waals surface area contributed by atoms with Gasteiger partial charge in [-0.1, -0.05) is 49.2 Å². The molecule has 0 aliphatic heterocycles. The standard InChI is InChI=1S/C18H17F2NO/c19-14-9-6-10-15(20)16(14)21-17(22)18(11-4-5-12-18)13-7-2-1-3-8-13/h1-3,6-10H,4-5,11-12H2,(H,21,22). The van der Waals surface area contributed by atoms with Crippen LogP contribution in [0.1, 0.15) is 31.2 Å². The van der Waals surface area contributed by atoms with E-state index in [9.17, 15) is 13.6 Å². The van der Waals surface area contributed by atoms with Crippen LogP contribution in [0.5, 0.6) is 0 Å². The number of para-hydroxylation sites is 1. The van der Waals surface area contributed by atoms with Gasteiger partial charge in [0, 0.05) is 0 Å². The Hall–Kier alpha value is -2.23. The minimum atomic E-state index is -0.755. The van der Waals surface area contributed by atoms with Crippen LogP contribution in [0.2, 0.25) is 0 Å². The summed E-state index contributed by atoms with van der Waals surface area (Å²) < 4.78 is 27.5. The van der Waals surface area contributed by atoms with Crippen LogP contribution < -0.4 is 5.32 Å². The first-order valence-electron chi connectivity index (χ1n) is 7.44. The molecule has 1 fully saturated rings. The Morgan fingerprint density at radius 1 is 0.909 bits per heavy atom. The van der Waals surface area contributed by atoms with E-state index in [0.717, 1.165) is 30.5 Å². The van der Waals surface area contributed by atoms with E-state index in [4.69, 9.17) is 0 Å². The molecule has 1 amide bonds. The number of anilines is 1. The molecule has 1 saturated carbocycles. The second-order valence-corrected chi connectivity index (χ2v) is 5.71. The van der Waals surface area contributed by atoms with E-state index in [1.807, 2.05) is 30.3 Å². The summed E-state index contributed by atoms with van der Waals surface area (Å²) >= 11 is 0. The number of nitrogens with one attached hydrogen (secondary N) is 1. The molecule has 2 aromatic rings. The molecule has 0 aromatic heterocycles. The fraction of sp³-hybridized carbons (Fsp3) is 0.278. The highest BCUT2D eigenvalue weighted by Gasteiger charge is 2.43. The molecular formula is C18H17F2NO. The Labute approximate surface area is 128 Å². The van der Waals surface area contributed by atoms with Gasteiger partial charge in [0.15, 0.2) is 0 Å². The molecule has 0 radical (unpaired) electrons. The third-order valence-corrected chi connectivity index (χ3v) is 4.42. The van der Waals surface area contributed by atoms with Crippen LogP contribution in [0.15, 0.2) is 48.5 Å². The number of hydrogen-bond acceptors (Lipinski definition) is 1. The lowest BCUT2D eigenvalue weighted by atomic mass is 9.78. The zero-order chi connectivity index (χ0) is 15.6. The summed E-state index contributed by atoms with van der Waals surface area (Å²) in [5, 5.41) is 2.47. The maximum absolute atomic E-state index is 13.8. The van der Waals surface area contributed by atoms with Gasteiger partial charge in [-0.25, -0.2) is 8.78 Å². The lowest BCUT2D eigenvalue weighted by Crippen LogP contribution is -2.38. The molecule has 0 atom stereocenters. The van der Waals surface area contributed by atoms with E-state index in [0.29, 0.717) is 12.8 Å². The van der Waals surface area contributed by atoms with Crippen molar-refractivity contribution < 1.29 is 13.6 Å². The maximum atomic E-state index is 13.8. The Balaban J connectivity index is 1.95. The van der Waals surface area contributed by atoms with Crippen molar-refractivity contribution >= 4 is 11.6 Å². The number of rotatable bonds is 3. The third kappa shape index (κ3) is 2.49. The average molecular weight is 301 g/mol. The van der Waals surface area contributed by atoms with Gasteiger partial charge < -0.3 is 5.32 Å². The van der Waals surface area contributed by atoms with E-state index >= 15 is 0 Å². The van der Waals surface area contributed by atoms with Gasteiger partial charge in [-0.05, 0) is 30.5 Å². The summed E-state index contributed by atoms with van der Waals surface area (Å²) in [5.41, 5.74) is -0.160. The molecule has 114 valence electrons. The first-order chi connectivity index (χ1) is 10.6. The van der Waals surface area contributed by atoms with Crippen molar-refractivity contribution in [2.24, 2.45) is 0 Å². The second-order valence-electron chi connectivity index (χ2n) is 5.71. The molecule has 3 rings (SSSR count). The molecule has 1 aliphatic rings. The van der Waals surface area contributed by atoms with E-state index in [2.05, 4.69) is 5.32 Å². The van der Waals surface area contributed by atoms with Crippen LogP contribution in [0.25, 0.3) is 0 Å². The molecule has 0 unspecified atom stereocenters. The molecule has 22 heavy (non-hydrogen) atoms. The van der Waals surface area contributed by atoms with Gasteiger partial charge in [-0.2, -0.15) is 0 Å². The molecule has 0 bridgehead atoms. The molecule has 1 aliphatic carbocycles. The Morgan fingerprint density at radius 3 is 2.09 bits per heavy atom. The number of benzene rings is 2. The SMILES string of the molecule is O=C(Nc1c(F)cccc1F)C1(c2ccccc2)CCCC1. The summed E-state index contributed by atoms with van der Waals surface area (Å²) in [7, 11) is 0. The van der Waals surface area contributed by atoms with Gasteiger partial charge in [0.2, 0.25) is 5.91 Å². The minimum absolute atomic E-state index is 0.333. The van der Waals surface area contributed by atoms with Crippen molar-refractivity contribution in [1.82, 2.24) is 0 Å². The summed E-state index contributed by atoms with van der Waals surface area (Å²) in [6, 6.07) is 13.0. The summed E-state index contributed by atoms with van der Waals surface area (Å²) in [6.07, 6.45) is 3.25. The zero-order valence-corrected chi connectivity index (χ0v) is 12.1. The van der Waals surface area contributed by atoms with Crippen LogP contribution in [0.4, 0.5) is 14.5 Å². The second kappa shape index (κ2) is 5.87. The fourth-order valence-electron chi connectivity index (χ4n) is 3.23. The van der Waals surface area contributed by atoms with Gasteiger partial charge in [0.25, 0.3) is 0 Å². The Kier molecular flexibility index (Phi) is 3.92. The molecular weight excluding hydrogens is 284 g/mol. The highest BCUT2D eigenvalue weighted by Crippen LogP contribution is 2.42. The highest BCUT2D eigenvalue weighted by molar-refractivity contribution is 5.99. The molecule has 0 saturated heterocycles. The smallest absolute Gasteiger partial charge is 0.235 e. The first kappa shape index (κ1) is 14.7. The number of carbonyl (C=O) groups is 1. The topological polar surface area (TPSA) is 29.1 Å². The third-order valence-electron chi connectivity index (χ3n) is 4.42. The monoisotopic (exact) mass is 301 g/mol. The molecule has 2 nitrogen and oxygen atoms in total. The Morgan fingerprint density at radius 2 is 1.50 bits per heavy atom. The number of hydrogen-bond donors (Lipinski definition) is 1. The van der Waals surface area contributed by atoms with Gasteiger partial charge in [-0.3, -0.25) is 4.79 Å². The number of carbonyl (C=O) groups excluding carboxylic acids is 1. The molecule has 0 heterocycles. The number of amides is 1. The maximum Gasteiger partial charge on any atom is 0.235 e. The van der Waals surface area contributed by atoms with Gasteiger partial charge in [0.05, 0.1) is 5.41 Å². The molecule has 4 heteroatoms. The van der Waals surface area contributed by atoms with Gasteiger partial charge in [-0.15, -0.1) is 0 Å².